The van der Waals surface area contributed by atoms with E-state index in [1.807, 2.05) is 39.4 Å². The van der Waals surface area contributed by atoms with Crippen LogP contribution in [0, 0.1) is 13.8 Å². The summed E-state index contributed by atoms with van der Waals surface area (Å²) in [6.45, 7) is 9.14. The first-order chi connectivity index (χ1) is 10.3. The van der Waals surface area contributed by atoms with Crippen molar-refractivity contribution in [1.29, 1.82) is 0 Å². The highest BCUT2D eigenvalue weighted by atomic mass is 16.1. The second-order valence-electron chi connectivity index (χ2n) is 5.60. The van der Waals surface area contributed by atoms with E-state index in [4.69, 9.17) is 0 Å². The Morgan fingerprint density at radius 1 is 1.32 bits per heavy atom. The number of rotatable bonds is 6. The van der Waals surface area contributed by atoms with E-state index < -0.39 is 0 Å². The number of carbonyl (C=O) groups excluding carboxylic acids is 1. The molecule has 0 saturated heterocycles. The minimum Gasteiger partial charge on any atom is -0.356 e. The van der Waals surface area contributed by atoms with Crippen LogP contribution in [0.1, 0.15) is 37.2 Å². The molecule has 0 saturated carbocycles. The van der Waals surface area contributed by atoms with Crippen LogP contribution in [0.3, 0.4) is 0 Å². The fourth-order valence-electron chi connectivity index (χ4n) is 2.15. The maximum Gasteiger partial charge on any atom is 0.221 e. The van der Waals surface area contributed by atoms with Gasteiger partial charge in [0.05, 0.1) is 5.69 Å². The Hall–Kier alpha value is -2.05. The number of carbonyl (C=O) groups is 1. The van der Waals surface area contributed by atoms with Crippen LogP contribution in [-0.4, -0.2) is 41.3 Å². The molecule has 7 nitrogen and oxygen atoms in total. The van der Waals surface area contributed by atoms with Crippen LogP contribution in [0.25, 0.3) is 0 Å². The summed E-state index contributed by atoms with van der Waals surface area (Å²) in [6, 6.07) is 0.168. The van der Waals surface area contributed by atoms with E-state index in [2.05, 4.69) is 26.0 Å². The van der Waals surface area contributed by atoms with Gasteiger partial charge in [0.15, 0.2) is 5.96 Å². The second kappa shape index (κ2) is 8.41. The molecule has 7 heteroatoms. The number of amides is 1. The fourth-order valence-corrected chi connectivity index (χ4v) is 2.15. The predicted molar refractivity (Wildman–Crippen MR) is 88.8 cm³/mol. The summed E-state index contributed by atoms with van der Waals surface area (Å²) in [7, 11) is 3.65. The van der Waals surface area contributed by atoms with E-state index in [0.717, 1.165) is 11.4 Å². The van der Waals surface area contributed by atoms with E-state index in [1.54, 1.807) is 7.05 Å². The zero-order valence-corrected chi connectivity index (χ0v) is 14.4. The third-order valence-corrected chi connectivity index (χ3v) is 3.41. The molecule has 0 aliphatic rings. The molecule has 1 aromatic heterocycles. The van der Waals surface area contributed by atoms with Crippen LogP contribution < -0.4 is 16.0 Å². The van der Waals surface area contributed by atoms with Crippen LogP contribution in [0.15, 0.2) is 4.99 Å². The van der Waals surface area contributed by atoms with E-state index in [0.29, 0.717) is 25.5 Å². The van der Waals surface area contributed by atoms with Crippen molar-refractivity contribution in [3.8, 4) is 0 Å². The molecule has 0 bridgehead atoms. The van der Waals surface area contributed by atoms with Crippen molar-refractivity contribution in [1.82, 2.24) is 25.7 Å². The number of aryl methyl sites for hydroxylation is 2. The molecule has 0 atom stereocenters. The van der Waals surface area contributed by atoms with E-state index in [9.17, 15) is 4.79 Å². The summed E-state index contributed by atoms with van der Waals surface area (Å²) >= 11 is 0. The highest BCUT2D eigenvalue weighted by Gasteiger charge is 2.10. The number of hydrogen-bond donors (Lipinski definition) is 3. The molecule has 124 valence electrons. The molecule has 0 fully saturated rings. The zero-order chi connectivity index (χ0) is 16.7. The second-order valence-corrected chi connectivity index (χ2v) is 5.60. The summed E-state index contributed by atoms with van der Waals surface area (Å²) < 4.78 is 1.87. The largest absolute Gasteiger partial charge is 0.356 e. The molecular weight excluding hydrogens is 280 g/mol. The third kappa shape index (κ3) is 5.38. The molecular formula is C15H28N6O. The Labute approximate surface area is 132 Å². The average molecular weight is 308 g/mol. The van der Waals surface area contributed by atoms with Gasteiger partial charge in [-0.25, -0.2) is 0 Å². The minimum absolute atomic E-state index is 0.0388. The smallest absolute Gasteiger partial charge is 0.221 e. The molecule has 0 aliphatic carbocycles. The van der Waals surface area contributed by atoms with Crippen molar-refractivity contribution in [3.63, 3.8) is 0 Å². The Bertz CT molecular complexity index is 532. The van der Waals surface area contributed by atoms with Gasteiger partial charge in [-0.1, -0.05) is 0 Å². The van der Waals surface area contributed by atoms with Gasteiger partial charge >= 0.3 is 0 Å². The van der Waals surface area contributed by atoms with Crippen molar-refractivity contribution in [3.05, 3.63) is 17.0 Å². The van der Waals surface area contributed by atoms with Crippen molar-refractivity contribution in [2.45, 2.75) is 46.7 Å². The SMILES string of the molecule is CN=C(NCCC(=O)NC(C)C)NCc1c(C)nn(C)c1C. The minimum atomic E-state index is 0.0388. The molecule has 0 radical (unpaired) electrons. The van der Waals surface area contributed by atoms with E-state index in [-0.39, 0.29) is 11.9 Å². The molecule has 1 amide bonds. The highest BCUT2D eigenvalue weighted by molar-refractivity contribution is 5.81. The Kier molecular flexibility index (Phi) is 6.88. The summed E-state index contributed by atoms with van der Waals surface area (Å²) in [5.41, 5.74) is 3.32. The maximum atomic E-state index is 11.6. The van der Waals surface area contributed by atoms with Crippen molar-refractivity contribution in [2.75, 3.05) is 13.6 Å². The van der Waals surface area contributed by atoms with Crippen molar-refractivity contribution >= 4 is 11.9 Å². The predicted octanol–water partition coefficient (Wildman–Crippen LogP) is 0.617. The number of guanidine groups is 1. The van der Waals surface area contributed by atoms with E-state index in [1.165, 1.54) is 5.56 Å². The Morgan fingerprint density at radius 3 is 2.50 bits per heavy atom. The van der Waals surface area contributed by atoms with Gasteiger partial charge in [0.1, 0.15) is 0 Å². The first kappa shape index (κ1) is 18.0. The van der Waals surface area contributed by atoms with Gasteiger partial charge in [0.25, 0.3) is 0 Å². The van der Waals surface area contributed by atoms with Gasteiger partial charge in [0, 0.05) is 50.9 Å². The number of aliphatic imine (C=N–C) groups is 1. The molecule has 3 N–H and O–H groups in total. The van der Waals surface area contributed by atoms with Gasteiger partial charge in [0.2, 0.25) is 5.91 Å². The number of nitrogens with zero attached hydrogens (tertiary/aromatic N) is 3. The first-order valence-electron chi connectivity index (χ1n) is 7.58. The Balaban J connectivity index is 2.42. The van der Waals surface area contributed by atoms with Gasteiger partial charge < -0.3 is 16.0 Å². The molecule has 0 aliphatic heterocycles. The number of nitrogens with one attached hydrogen (secondary N) is 3. The summed E-state index contributed by atoms with van der Waals surface area (Å²) in [5.74, 6) is 0.719. The van der Waals surface area contributed by atoms with Crippen molar-refractivity contribution in [2.24, 2.45) is 12.0 Å². The molecule has 1 rings (SSSR count). The third-order valence-electron chi connectivity index (χ3n) is 3.41. The van der Waals surface area contributed by atoms with Gasteiger partial charge in [-0.05, 0) is 27.7 Å². The van der Waals surface area contributed by atoms with E-state index >= 15 is 0 Å². The lowest BCUT2D eigenvalue weighted by Gasteiger charge is -2.13. The molecule has 0 unspecified atom stereocenters. The number of hydrogen-bond acceptors (Lipinski definition) is 3. The normalized spacial score (nSPS) is 11.7. The van der Waals surface area contributed by atoms with Crippen LogP contribution in [0.4, 0.5) is 0 Å². The lowest BCUT2D eigenvalue weighted by Crippen LogP contribution is -2.39. The molecule has 0 aromatic carbocycles. The van der Waals surface area contributed by atoms with Gasteiger partial charge in [-0.15, -0.1) is 0 Å². The van der Waals surface area contributed by atoms with Gasteiger partial charge in [-0.3, -0.25) is 14.5 Å². The van der Waals surface area contributed by atoms with Crippen molar-refractivity contribution < 1.29 is 4.79 Å². The molecule has 0 spiro atoms. The molecule has 1 heterocycles. The van der Waals surface area contributed by atoms with Crippen LogP contribution >= 0.6 is 0 Å². The highest BCUT2D eigenvalue weighted by Crippen LogP contribution is 2.10. The standard InChI is InChI=1S/C15H28N6O/c1-10(2)19-14(22)7-8-17-15(16-5)18-9-13-11(3)20-21(6)12(13)4/h10H,7-9H2,1-6H3,(H,19,22)(H2,16,17,18). The van der Waals surface area contributed by atoms with Gasteiger partial charge in [-0.2, -0.15) is 5.10 Å². The quantitative estimate of drug-likeness (QED) is 0.531. The van der Waals surface area contributed by atoms with Crippen LogP contribution in [0.2, 0.25) is 0 Å². The number of aromatic nitrogens is 2. The van der Waals surface area contributed by atoms with Crippen LogP contribution in [0.5, 0.6) is 0 Å². The summed E-state index contributed by atoms with van der Waals surface area (Å²) in [4.78, 5) is 15.7. The molecule has 22 heavy (non-hydrogen) atoms. The molecule has 1 aromatic rings. The monoisotopic (exact) mass is 308 g/mol. The lowest BCUT2D eigenvalue weighted by molar-refractivity contribution is -0.121. The topological polar surface area (TPSA) is 83.3 Å². The first-order valence-corrected chi connectivity index (χ1v) is 7.58. The zero-order valence-electron chi connectivity index (χ0n) is 14.4. The summed E-state index contributed by atoms with van der Waals surface area (Å²) in [6.07, 6.45) is 0.420. The fraction of sp³-hybridized carbons (Fsp3) is 0.667. The lowest BCUT2D eigenvalue weighted by atomic mass is 10.2. The summed E-state index contributed by atoms with van der Waals surface area (Å²) in [5, 5.41) is 13.6. The average Bonchev–Trinajstić information content (AvgIpc) is 2.67. The Morgan fingerprint density at radius 2 is 2.00 bits per heavy atom. The maximum absolute atomic E-state index is 11.6. The van der Waals surface area contributed by atoms with Crippen LogP contribution in [-0.2, 0) is 18.4 Å².